The Morgan fingerprint density at radius 1 is 0.298 bits per heavy atom. The Morgan fingerprint density at radius 3 is 1.07 bits per heavy atom. The van der Waals surface area contributed by atoms with E-state index in [4.69, 9.17) is 0 Å². The van der Waals surface area contributed by atoms with Crippen LogP contribution in [0, 0.1) is 0 Å². The molecule has 0 aliphatic heterocycles. The summed E-state index contributed by atoms with van der Waals surface area (Å²) in [6, 6.07) is 75.6. The van der Waals surface area contributed by atoms with Gasteiger partial charge >= 0.3 is 0 Å². The van der Waals surface area contributed by atoms with Crippen LogP contribution in [0.25, 0.3) is 44.5 Å². The summed E-state index contributed by atoms with van der Waals surface area (Å²) < 4.78 is 0. The fourth-order valence-corrected chi connectivity index (χ4v) is 10.4. The average molecular weight is 747 g/mol. The summed E-state index contributed by atoms with van der Waals surface area (Å²) in [5, 5.41) is 2.34. The molecule has 9 aromatic rings. The number of benzene rings is 8. The van der Waals surface area contributed by atoms with Crippen molar-refractivity contribution < 1.29 is 0 Å². The maximum absolute atomic E-state index is 2.49. The van der Waals surface area contributed by atoms with Gasteiger partial charge in [-0.15, -0.1) is 0 Å². The van der Waals surface area contributed by atoms with Gasteiger partial charge in [0.25, 0.3) is 0 Å². The van der Waals surface area contributed by atoms with Gasteiger partial charge in [0.2, 0.25) is 0 Å². The SMILES string of the molecule is c1ccc(-c2c(N(c3ccccc3)c3ccc4c(c3)Cc3ccccc3-4)sc(N(c3ccccc3)c3ccc4c(c3)Cc3ccccc3-4)c2-c2ccccc2)cc1. The van der Waals surface area contributed by atoms with Crippen LogP contribution < -0.4 is 9.80 Å². The third kappa shape index (κ3) is 5.78. The van der Waals surface area contributed by atoms with Crippen molar-refractivity contribution in [3.05, 3.63) is 229 Å². The molecule has 11 rings (SSSR count). The minimum absolute atomic E-state index is 0.933. The van der Waals surface area contributed by atoms with Gasteiger partial charge in [0.15, 0.2) is 0 Å². The van der Waals surface area contributed by atoms with Crippen LogP contribution in [0.5, 0.6) is 0 Å². The molecule has 0 radical (unpaired) electrons. The molecule has 8 aromatic carbocycles. The van der Waals surface area contributed by atoms with Crippen molar-refractivity contribution in [2.75, 3.05) is 9.80 Å². The molecule has 0 unspecified atom stereocenters. The van der Waals surface area contributed by atoms with E-state index in [9.17, 15) is 0 Å². The van der Waals surface area contributed by atoms with E-state index in [0.29, 0.717) is 0 Å². The van der Waals surface area contributed by atoms with Gasteiger partial charge in [-0.1, -0.05) is 169 Å². The maximum Gasteiger partial charge on any atom is 0.111 e. The summed E-state index contributed by atoms with van der Waals surface area (Å²) in [6.45, 7) is 0. The maximum atomic E-state index is 2.49. The molecule has 1 heterocycles. The highest BCUT2D eigenvalue weighted by atomic mass is 32.1. The molecule has 57 heavy (non-hydrogen) atoms. The molecule has 3 heteroatoms. The van der Waals surface area contributed by atoms with Crippen LogP contribution in [0.4, 0.5) is 32.8 Å². The molecule has 0 saturated carbocycles. The van der Waals surface area contributed by atoms with E-state index in [1.807, 2.05) is 11.3 Å². The molecule has 0 bridgehead atoms. The predicted octanol–water partition coefficient (Wildman–Crippen LogP) is 15.2. The zero-order chi connectivity index (χ0) is 37.7. The van der Waals surface area contributed by atoms with Crippen molar-refractivity contribution >= 4 is 44.1 Å². The lowest BCUT2D eigenvalue weighted by Crippen LogP contribution is -2.10. The molecule has 0 spiro atoms. The van der Waals surface area contributed by atoms with Crippen LogP contribution in [0.2, 0.25) is 0 Å². The number of hydrogen-bond donors (Lipinski definition) is 0. The van der Waals surface area contributed by atoms with E-state index in [-0.39, 0.29) is 0 Å². The summed E-state index contributed by atoms with van der Waals surface area (Å²) in [5.74, 6) is 0. The zero-order valence-corrected chi connectivity index (χ0v) is 32.2. The Morgan fingerprint density at radius 2 is 0.649 bits per heavy atom. The third-order valence-corrected chi connectivity index (χ3v) is 12.7. The monoisotopic (exact) mass is 746 g/mol. The lowest BCUT2D eigenvalue weighted by Gasteiger charge is -2.26. The summed E-state index contributed by atoms with van der Waals surface area (Å²) in [4.78, 5) is 4.99. The van der Waals surface area contributed by atoms with E-state index >= 15 is 0 Å². The number of fused-ring (bicyclic) bond motifs is 6. The summed E-state index contributed by atoms with van der Waals surface area (Å²) >= 11 is 1.86. The molecule has 1 aromatic heterocycles. The fourth-order valence-electron chi connectivity index (χ4n) is 8.93. The van der Waals surface area contributed by atoms with E-state index in [2.05, 4.69) is 216 Å². The molecular weight excluding hydrogens is 709 g/mol. The van der Waals surface area contributed by atoms with E-state index in [0.717, 1.165) is 35.6 Å². The van der Waals surface area contributed by atoms with E-state index in [1.54, 1.807) is 0 Å². The Kier molecular flexibility index (Phi) is 8.19. The number of anilines is 6. The number of para-hydroxylation sites is 2. The Bertz CT molecular complexity index is 2700. The topological polar surface area (TPSA) is 6.48 Å². The Hall–Kier alpha value is -6.94. The number of rotatable bonds is 8. The minimum Gasteiger partial charge on any atom is -0.301 e. The quantitative estimate of drug-likeness (QED) is 0.153. The van der Waals surface area contributed by atoms with Crippen molar-refractivity contribution in [1.29, 1.82) is 0 Å². The molecule has 0 amide bonds. The minimum atomic E-state index is 0.933. The molecule has 2 aliphatic rings. The van der Waals surface area contributed by atoms with Crippen LogP contribution in [-0.4, -0.2) is 0 Å². The van der Waals surface area contributed by atoms with Gasteiger partial charge in [-0.2, -0.15) is 0 Å². The third-order valence-electron chi connectivity index (χ3n) is 11.5. The highest BCUT2D eigenvalue weighted by molar-refractivity contribution is 7.21. The normalized spacial score (nSPS) is 12.1. The second-order valence-electron chi connectivity index (χ2n) is 14.9. The fraction of sp³-hybridized carbons (Fsp3) is 0.0370. The van der Waals surface area contributed by atoms with Crippen LogP contribution in [0.15, 0.2) is 206 Å². The highest BCUT2D eigenvalue weighted by Crippen LogP contribution is 2.58. The lowest BCUT2D eigenvalue weighted by atomic mass is 9.96. The molecule has 0 N–H and O–H groups in total. The first-order valence-corrected chi connectivity index (χ1v) is 20.5. The van der Waals surface area contributed by atoms with Crippen molar-refractivity contribution in [1.82, 2.24) is 0 Å². The second kappa shape index (κ2) is 14.0. The number of thiophene rings is 1. The Labute approximate surface area is 338 Å². The van der Waals surface area contributed by atoms with E-state index < -0.39 is 0 Å². The van der Waals surface area contributed by atoms with Crippen molar-refractivity contribution in [3.8, 4) is 44.5 Å². The van der Waals surface area contributed by atoms with Crippen molar-refractivity contribution in [2.45, 2.75) is 12.8 Å². The van der Waals surface area contributed by atoms with Crippen molar-refractivity contribution in [2.24, 2.45) is 0 Å². The standard InChI is InChI=1S/C54H38N2S/c1-5-17-37(18-6-1)51-52(38-19-7-2-8-20-38)54(56(44-25-11-4-12-26-44)46-30-32-50-42(36-46)34-40-22-14-16-28-48(40)50)57-53(51)55(43-23-9-3-10-24-43)45-29-31-49-41(35-45)33-39-21-13-15-27-47(39)49/h1-32,35-36H,33-34H2. The summed E-state index contributed by atoms with van der Waals surface area (Å²) in [6.07, 6.45) is 1.87. The molecule has 270 valence electrons. The van der Waals surface area contributed by atoms with Gasteiger partial charge in [0, 0.05) is 33.9 Å². The van der Waals surface area contributed by atoms with Crippen molar-refractivity contribution in [3.63, 3.8) is 0 Å². The second-order valence-corrected chi connectivity index (χ2v) is 15.9. The first-order chi connectivity index (χ1) is 28.3. The number of nitrogens with zero attached hydrogens (tertiary/aromatic N) is 2. The van der Waals surface area contributed by atoms with Crippen LogP contribution in [0.1, 0.15) is 22.3 Å². The highest BCUT2D eigenvalue weighted by Gasteiger charge is 2.32. The van der Waals surface area contributed by atoms with Crippen LogP contribution >= 0.6 is 11.3 Å². The lowest BCUT2D eigenvalue weighted by molar-refractivity contribution is 1.24. The van der Waals surface area contributed by atoms with Gasteiger partial charge in [0.1, 0.15) is 10.0 Å². The van der Waals surface area contributed by atoms with Gasteiger partial charge in [0.05, 0.1) is 0 Å². The molecule has 2 nitrogen and oxygen atoms in total. The summed E-state index contributed by atoms with van der Waals surface area (Å²) in [7, 11) is 0. The predicted molar refractivity (Wildman–Crippen MR) is 241 cm³/mol. The average Bonchev–Trinajstić information content (AvgIpc) is 3.96. The first-order valence-electron chi connectivity index (χ1n) is 19.7. The van der Waals surface area contributed by atoms with Gasteiger partial charge in [-0.25, -0.2) is 0 Å². The zero-order valence-electron chi connectivity index (χ0n) is 31.3. The molecule has 2 aliphatic carbocycles. The van der Waals surface area contributed by atoms with Crippen LogP contribution in [0.3, 0.4) is 0 Å². The largest absolute Gasteiger partial charge is 0.301 e. The van der Waals surface area contributed by atoms with Gasteiger partial charge in [-0.05, 0) is 117 Å². The summed E-state index contributed by atoms with van der Waals surface area (Å²) in [5.41, 5.74) is 20.2. The van der Waals surface area contributed by atoms with Gasteiger partial charge in [-0.3, -0.25) is 0 Å². The molecule has 0 atom stereocenters. The molecule has 0 fully saturated rings. The first kappa shape index (κ1) is 33.4. The van der Waals surface area contributed by atoms with Crippen LogP contribution in [-0.2, 0) is 12.8 Å². The number of hydrogen-bond acceptors (Lipinski definition) is 3. The molecular formula is C54H38N2S. The Balaban J connectivity index is 1.19. The molecule has 0 saturated heterocycles. The van der Waals surface area contributed by atoms with Gasteiger partial charge < -0.3 is 9.80 Å². The smallest absolute Gasteiger partial charge is 0.111 e. The van der Waals surface area contributed by atoms with E-state index in [1.165, 1.54) is 76.8 Å².